The van der Waals surface area contributed by atoms with E-state index in [1.54, 1.807) is 0 Å². The maximum absolute atomic E-state index is 10.3. The van der Waals surface area contributed by atoms with Crippen molar-refractivity contribution in [2.45, 2.75) is 24.4 Å². The summed E-state index contributed by atoms with van der Waals surface area (Å²) >= 11 is 0. The predicted molar refractivity (Wildman–Crippen MR) is 41.9 cm³/mol. The maximum Gasteiger partial charge on any atom is 0.171 e. The van der Waals surface area contributed by atoms with Crippen molar-refractivity contribution in [1.82, 2.24) is 0 Å². The standard InChI is InChI=1S/C6H11BO6/c7-6(13)5(12)4(11)3(10)2(9)1-8/h2-5,8-12H,1H2/t2-,3-,4+,5-/m1/s1. The Kier molecular flexibility index (Phi) is 5.11. The molecule has 6 nitrogen and oxygen atoms in total. The first kappa shape index (κ1) is 12.5. The molecule has 2 radical (unpaired) electrons. The highest BCUT2D eigenvalue weighted by Gasteiger charge is 2.31. The van der Waals surface area contributed by atoms with Crippen molar-refractivity contribution in [1.29, 1.82) is 0 Å². The van der Waals surface area contributed by atoms with Gasteiger partial charge in [0.2, 0.25) is 0 Å². The Morgan fingerprint density at radius 1 is 1.15 bits per heavy atom. The monoisotopic (exact) mass is 190 g/mol. The quantitative estimate of drug-likeness (QED) is 0.283. The van der Waals surface area contributed by atoms with Gasteiger partial charge in [0.15, 0.2) is 7.85 Å². The lowest BCUT2D eigenvalue weighted by Gasteiger charge is -2.24. The Bertz CT molecular complexity index is 175. The summed E-state index contributed by atoms with van der Waals surface area (Å²) in [5, 5.41) is 44.0. The molecule has 4 atom stereocenters. The molecule has 74 valence electrons. The molecule has 0 saturated heterocycles. The van der Waals surface area contributed by atoms with E-state index < -0.39 is 36.7 Å². The Labute approximate surface area is 75.8 Å². The average molecular weight is 190 g/mol. The minimum Gasteiger partial charge on any atom is -0.394 e. The summed E-state index contributed by atoms with van der Waals surface area (Å²) < 4.78 is 0. The number of hydrogen-bond donors (Lipinski definition) is 5. The van der Waals surface area contributed by atoms with Gasteiger partial charge in [-0.1, -0.05) is 0 Å². The van der Waals surface area contributed by atoms with Gasteiger partial charge in [0.05, 0.1) is 6.61 Å². The van der Waals surface area contributed by atoms with Crippen molar-refractivity contribution in [3.8, 4) is 0 Å². The van der Waals surface area contributed by atoms with E-state index in [0.717, 1.165) is 0 Å². The van der Waals surface area contributed by atoms with Gasteiger partial charge in [-0.05, 0) is 0 Å². The van der Waals surface area contributed by atoms with Crippen molar-refractivity contribution < 1.29 is 30.3 Å². The molecule has 0 spiro atoms. The van der Waals surface area contributed by atoms with E-state index in [-0.39, 0.29) is 0 Å². The first-order chi connectivity index (χ1) is 5.91. The van der Waals surface area contributed by atoms with E-state index in [9.17, 15) is 4.79 Å². The van der Waals surface area contributed by atoms with E-state index in [4.69, 9.17) is 25.5 Å². The normalized spacial score (nSPS) is 20.4. The summed E-state index contributed by atoms with van der Waals surface area (Å²) in [6, 6.07) is 0. The van der Waals surface area contributed by atoms with E-state index in [0.29, 0.717) is 0 Å². The second-order valence-corrected chi connectivity index (χ2v) is 2.58. The minimum absolute atomic E-state index is 0.802. The van der Waals surface area contributed by atoms with Gasteiger partial charge < -0.3 is 30.3 Å². The third-order valence-electron chi connectivity index (χ3n) is 1.55. The summed E-state index contributed by atoms with van der Waals surface area (Å²) in [7, 11) is 4.61. The van der Waals surface area contributed by atoms with Crippen LogP contribution in [0.5, 0.6) is 0 Å². The van der Waals surface area contributed by atoms with Gasteiger partial charge in [-0.2, -0.15) is 0 Å². The van der Waals surface area contributed by atoms with Crippen LogP contribution in [0.15, 0.2) is 0 Å². The van der Waals surface area contributed by atoms with Crippen LogP contribution in [-0.2, 0) is 4.79 Å². The number of aliphatic hydroxyl groups excluding tert-OH is 5. The predicted octanol–water partition coefficient (Wildman–Crippen LogP) is -3.88. The molecule has 0 aliphatic carbocycles. The molecule has 5 N–H and O–H groups in total. The van der Waals surface area contributed by atoms with Gasteiger partial charge in [-0.3, -0.25) is 0 Å². The smallest absolute Gasteiger partial charge is 0.171 e. The van der Waals surface area contributed by atoms with Gasteiger partial charge in [0.25, 0.3) is 0 Å². The Hall–Kier alpha value is -0.465. The molecular formula is C6H11BO6. The third-order valence-corrected chi connectivity index (χ3v) is 1.55. The van der Waals surface area contributed by atoms with Crippen molar-refractivity contribution in [3.63, 3.8) is 0 Å². The minimum atomic E-state index is -1.98. The van der Waals surface area contributed by atoms with Crippen LogP contribution in [0.2, 0.25) is 0 Å². The highest BCUT2D eigenvalue weighted by atomic mass is 16.4. The van der Waals surface area contributed by atoms with E-state index in [2.05, 4.69) is 7.85 Å². The van der Waals surface area contributed by atoms with Crippen LogP contribution >= 0.6 is 0 Å². The highest BCUT2D eigenvalue weighted by molar-refractivity contribution is 6.58. The fourth-order valence-electron chi connectivity index (χ4n) is 0.691. The van der Waals surface area contributed by atoms with Gasteiger partial charge in [0.1, 0.15) is 30.1 Å². The van der Waals surface area contributed by atoms with Gasteiger partial charge in [-0.15, -0.1) is 0 Å². The van der Waals surface area contributed by atoms with Crippen LogP contribution in [0.1, 0.15) is 0 Å². The van der Waals surface area contributed by atoms with E-state index in [1.165, 1.54) is 0 Å². The molecule has 0 rings (SSSR count). The molecule has 0 heterocycles. The van der Waals surface area contributed by atoms with Crippen molar-refractivity contribution >= 4 is 13.5 Å². The zero-order valence-electron chi connectivity index (χ0n) is 6.74. The molecule has 0 aromatic carbocycles. The molecule has 0 unspecified atom stereocenters. The van der Waals surface area contributed by atoms with E-state index >= 15 is 0 Å². The molecule has 13 heavy (non-hydrogen) atoms. The summed E-state index contributed by atoms with van der Waals surface area (Å²) in [6.07, 6.45) is -7.35. The molecule has 7 heteroatoms. The topological polar surface area (TPSA) is 118 Å². The molecule has 0 aromatic heterocycles. The SMILES string of the molecule is [B]C(=O)[C@H](O)[C@@H](O)[C@H](O)[C@H](O)CO. The van der Waals surface area contributed by atoms with Crippen LogP contribution < -0.4 is 0 Å². The first-order valence-corrected chi connectivity index (χ1v) is 3.54. The second kappa shape index (κ2) is 5.30. The molecule has 0 bridgehead atoms. The van der Waals surface area contributed by atoms with Crippen LogP contribution in [0, 0.1) is 0 Å². The molecule has 0 fully saturated rings. The number of carbonyl (C=O) groups excluding carboxylic acids is 1. The highest BCUT2D eigenvalue weighted by Crippen LogP contribution is 2.04. The summed E-state index contributed by atoms with van der Waals surface area (Å²) in [5.41, 5.74) is -1.23. The summed E-state index contributed by atoms with van der Waals surface area (Å²) in [6.45, 7) is -0.802. The molecule has 0 saturated carbocycles. The Morgan fingerprint density at radius 3 is 1.92 bits per heavy atom. The molecular weight excluding hydrogens is 179 g/mol. The lowest BCUT2D eigenvalue weighted by Crippen LogP contribution is -2.48. The average Bonchev–Trinajstić information content (AvgIpc) is 2.12. The third kappa shape index (κ3) is 3.41. The van der Waals surface area contributed by atoms with Gasteiger partial charge >= 0.3 is 0 Å². The lowest BCUT2D eigenvalue weighted by atomic mass is 9.90. The van der Waals surface area contributed by atoms with Crippen molar-refractivity contribution in [2.24, 2.45) is 0 Å². The van der Waals surface area contributed by atoms with Crippen LogP contribution in [0.3, 0.4) is 0 Å². The first-order valence-electron chi connectivity index (χ1n) is 3.54. The fraction of sp³-hybridized carbons (Fsp3) is 0.833. The molecule has 0 aliphatic heterocycles. The van der Waals surface area contributed by atoms with Crippen molar-refractivity contribution in [3.05, 3.63) is 0 Å². The zero-order valence-corrected chi connectivity index (χ0v) is 6.74. The molecule has 0 aliphatic rings. The summed E-state index contributed by atoms with van der Waals surface area (Å²) in [5.74, 6) is 0. The maximum atomic E-state index is 10.3. The largest absolute Gasteiger partial charge is 0.394 e. The van der Waals surface area contributed by atoms with Gasteiger partial charge in [-0.25, -0.2) is 0 Å². The fourth-order valence-corrected chi connectivity index (χ4v) is 0.691. The lowest BCUT2D eigenvalue weighted by molar-refractivity contribution is -0.140. The number of rotatable bonds is 5. The van der Waals surface area contributed by atoms with Crippen LogP contribution in [0.25, 0.3) is 0 Å². The van der Waals surface area contributed by atoms with Crippen LogP contribution in [0.4, 0.5) is 0 Å². The van der Waals surface area contributed by atoms with Gasteiger partial charge in [0, 0.05) is 0 Å². The zero-order chi connectivity index (χ0) is 10.6. The number of hydrogen-bond acceptors (Lipinski definition) is 6. The van der Waals surface area contributed by atoms with Crippen molar-refractivity contribution in [2.75, 3.05) is 6.61 Å². The number of aliphatic hydroxyl groups is 5. The molecule has 0 amide bonds. The van der Waals surface area contributed by atoms with E-state index in [1.807, 2.05) is 0 Å². The Balaban J connectivity index is 4.24. The second-order valence-electron chi connectivity index (χ2n) is 2.58. The summed E-state index contributed by atoms with van der Waals surface area (Å²) in [4.78, 5) is 10.3. The number of carbonyl (C=O) groups is 1. The Morgan fingerprint density at radius 2 is 1.62 bits per heavy atom. The van der Waals surface area contributed by atoms with Crippen LogP contribution in [-0.4, -0.2) is 70.1 Å². The molecule has 0 aromatic rings.